The number of rotatable bonds is 4. The van der Waals surface area contributed by atoms with Crippen molar-refractivity contribution in [1.29, 1.82) is 0 Å². The Labute approximate surface area is 108 Å². The summed E-state index contributed by atoms with van der Waals surface area (Å²) in [5.41, 5.74) is 5.91. The van der Waals surface area contributed by atoms with Crippen molar-refractivity contribution < 1.29 is 9.34 Å². The second kappa shape index (κ2) is 5.20. The number of nitro groups is 1. The lowest BCUT2D eigenvalue weighted by Crippen LogP contribution is -2.01. The van der Waals surface area contributed by atoms with Crippen LogP contribution in [0.4, 0.5) is 5.69 Å². The summed E-state index contributed by atoms with van der Waals surface area (Å²) >= 11 is 6.01. The average Bonchev–Trinajstić information content (AvgIpc) is 2.78. The van der Waals surface area contributed by atoms with E-state index in [0.29, 0.717) is 29.3 Å². The maximum absolute atomic E-state index is 10.7. The number of non-ortho nitro benzene ring substituents is 1. The molecule has 6 heteroatoms. The van der Waals surface area contributed by atoms with Crippen molar-refractivity contribution in [1.82, 2.24) is 0 Å². The van der Waals surface area contributed by atoms with Gasteiger partial charge in [0, 0.05) is 24.1 Å². The first kappa shape index (κ1) is 12.6. The van der Waals surface area contributed by atoms with E-state index in [1.165, 1.54) is 18.2 Å². The number of halogens is 1. The molecular weight excluding hydrogens is 256 g/mol. The average molecular weight is 267 g/mol. The fourth-order valence-corrected chi connectivity index (χ4v) is 1.83. The first-order valence-electron chi connectivity index (χ1n) is 5.35. The van der Waals surface area contributed by atoms with Crippen molar-refractivity contribution in [2.45, 2.75) is 6.42 Å². The van der Waals surface area contributed by atoms with Crippen molar-refractivity contribution in [3.05, 3.63) is 51.2 Å². The fourth-order valence-electron chi connectivity index (χ4n) is 1.61. The third kappa shape index (κ3) is 2.52. The molecule has 0 atom stereocenters. The molecule has 2 N–H and O–H groups in total. The van der Waals surface area contributed by atoms with Gasteiger partial charge in [-0.25, -0.2) is 0 Å². The van der Waals surface area contributed by atoms with Gasteiger partial charge in [-0.15, -0.1) is 0 Å². The molecule has 0 spiro atoms. The predicted octanol–water partition coefficient (Wildman–Crippen LogP) is 3.01. The molecule has 2 rings (SSSR count). The maximum Gasteiger partial charge on any atom is 0.270 e. The quantitative estimate of drug-likeness (QED) is 0.681. The first-order valence-corrected chi connectivity index (χ1v) is 5.72. The summed E-state index contributed by atoms with van der Waals surface area (Å²) in [4.78, 5) is 10.3. The molecule has 1 aromatic heterocycles. The van der Waals surface area contributed by atoms with Gasteiger partial charge in [-0.2, -0.15) is 0 Å². The van der Waals surface area contributed by atoms with Crippen LogP contribution in [0.5, 0.6) is 0 Å². The van der Waals surface area contributed by atoms with Crippen LogP contribution in [0.3, 0.4) is 0 Å². The van der Waals surface area contributed by atoms with Gasteiger partial charge < -0.3 is 10.2 Å². The number of nitrogens with two attached hydrogens (primary N) is 1. The van der Waals surface area contributed by atoms with E-state index in [0.717, 1.165) is 5.76 Å². The topological polar surface area (TPSA) is 82.3 Å². The van der Waals surface area contributed by atoms with Crippen LogP contribution in [0.25, 0.3) is 11.3 Å². The van der Waals surface area contributed by atoms with E-state index in [1.807, 2.05) is 0 Å². The minimum absolute atomic E-state index is 0.0221. The SMILES string of the molecule is NCCc1ccc(-c2cc([N+](=O)[O-])ccc2Cl)o1. The fraction of sp³-hybridized carbons (Fsp3) is 0.167. The zero-order chi connectivity index (χ0) is 13.1. The van der Waals surface area contributed by atoms with Gasteiger partial charge in [0.15, 0.2) is 0 Å². The molecule has 18 heavy (non-hydrogen) atoms. The minimum atomic E-state index is -0.469. The second-order valence-electron chi connectivity index (χ2n) is 3.73. The normalized spacial score (nSPS) is 10.6. The molecule has 1 aromatic carbocycles. The zero-order valence-electron chi connectivity index (χ0n) is 9.43. The Hall–Kier alpha value is -1.85. The molecule has 5 nitrogen and oxygen atoms in total. The molecule has 0 saturated heterocycles. The summed E-state index contributed by atoms with van der Waals surface area (Å²) < 4.78 is 5.54. The van der Waals surface area contributed by atoms with Crippen LogP contribution < -0.4 is 5.73 Å². The molecule has 0 aliphatic carbocycles. The minimum Gasteiger partial charge on any atom is -0.461 e. The maximum atomic E-state index is 10.7. The molecule has 0 unspecified atom stereocenters. The summed E-state index contributed by atoms with van der Waals surface area (Å²) in [6.07, 6.45) is 0.618. The summed E-state index contributed by atoms with van der Waals surface area (Å²) in [5.74, 6) is 1.24. The Morgan fingerprint density at radius 3 is 2.78 bits per heavy atom. The highest BCUT2D eigenvalue weighted by Gasteiger charge is 2.14. The van der Waals surface area contributed by atoms with Gasteiger partial charge in [0.2, 0.25) is 0 Å². The number of hydrogen-bond donors (Lipinski definition) is 1. The lowest BCUT2D eigenvalue weighted by Gasteiger charge is -2.01. The van der Waals surface area contributed by atoms with Crippen molar-refractivity contribution in [3.63, 3.8) is 0 Å². The van der Waals surface area contributed by atoms with Crippen LogP contribution >= 0.6 is 11.6 Å². The first-order chi connectivity index (χ1) is 8.61. The molecule has 1 heterocycles. The van der Waals surface area contributed by atoms with Crippen LogP contribution in [0.15, 0.2) is 34.7 Å². The molecule has 0 amide bonds. The molecule has 0 aliphatic rings. The third-order valence-electron chi connectivity index (χ3n) is 2.48. The van der Waals surface area contributed by atoms with E-state index in [2.05, 4.69) is 0 Å². The van der Waals surface area contributed by atoms with Gasteiger partial charge in [-0.05, 0) is 24.7 Å². The van der Waals surface area contributed by atoms with Crippen LogP contribution in [-0.4, -0.2) is 11.5 Å². The largest absolute Gasteiger partial charge is 0.461 e. The Kier molecular flexibility index (Phi) is 3.64. The number of nitro benzene ring substituents is 1. The Morgan fingerprint density at radius 2 is 2.11 bits per heavy atom. The number of furan rings is 1. The van der Waals surface area contributed by atoms with Crippen molar-refractivity contribution >= 4 is 17.3 Å². The smallest absolute Gasteiger partial charge is 0.270 e. The van der Waals surface area contributed by atoms with Gasteiger partial charge in [-0.1, -0.05) is 11.6 Å². The van der Waals surface area contributed by atoms with E-state index < -0.39 is 4.92 Å². The van der Waals surface area contributed by atoms with E-state index in [-0.39, 0.29) is 5.69 Å². The lowest BCUT2D eigenvalue weighted by atomic mass is 10.1. The highest BCUT2D eigenvalue weighted by Crippen LogP contribution is 2.32. The zero-order valence-corrected chi connectivity index (χ0v) is 10.2. The Balaban J connectivity index is 2.41. The van der Waals surface area contributed by atoms with Crippen molar-refractivity contribution in [3.8, 4) is 11.3 Å². The standard InChI is InChI=1S/C12H11ClN2O3/c13-11-3-1-8(15(16)17)7-10(11)12-4-2-9(18-12)5-6-14/h1-4,7H,5-6,14H2. The van der Waals surface area contributed by atoms with Gasteiger partial charge in [0.25, 0.3) is 5.69 Å². The summed E-state index contributed by atoms with van der Waals surface area (Å²) in [7, 11) is 0. The molecule has 0 saturated carbocycles. The van der Waals surface area contributed by atoms with Crippen molar-refractivity contribution in [2.24, 2.45) is 5.73 Å². The van der Waals surface area contributed by atoms with E-state index in [1.54, 1.807) is 12.1 Å². The molecule has 94 valence electrons. The van der Waals surface area contributed by atoms with E-state index in [9.17, 15) is 10.1 Å². The third-order valence-corrected chi connectivity index (χ3v) is 2.81. The predicted molar refractivity (Wildman–Crippen MR) is 68.6 cm³/mol. The van der Waals surface area contributed by atoms with Crippen LogP contribution in [-0.2, 0) is 6.42 Å². The second-order valence-corrected chi connectivity index (χ2v) is 4.13. The molecule has 2 aromatic rings. The summed E-state index contributed by atoms with van der Waals surface area (Å²) in [6.45, 7) is 0.482. The molecular formula is C12H11ClN2O3. The van der Waals surface area contributed by atoms with Gasteiger partial charge in [0.05, 0.1) is 9.95 Å². The highest BCUT2D eigenvalue weighted by molar-refractivity contribution is 6.33. The summed E-state index contributed by atoms with van der Waals surface area (Å²) in [5, 5.41) is 11.1. The number of benzene rings is 1. The van der Waals surface area contributed by atoms with Crippen molar-refractivity contribution in [2.75, 3.05) is 6.54 Å². The van der Waals surface area contributed by atoms with Crippen LogP contribution in [0.2, 0.25) is 5.02 Å². The number of nitrogens with zero attached hydrogens (tertiary/aromatic N) is 1. The van der Waals surface area contributed by atoms with Gasteiger partial charge in [-0.3, -0.25) is 10.1 Å². The van der Waals surface area contributed by atoms with E-state index in [4.69, 9.17) is 21.8 Å². The van der Waals surface area contributed by atoms with Gasteiger partial charge in [0.1, 0.15) is 11.5 Å². The number of hydrogen-bond acceptors (Lipinski definition) is 4. The monoisotopic (exact) mass is 266 g/mol. The highest BCUT2D eigenvalue weighted by atomic mass is 35.5. The van der Waals surface area contributed by atoms with Crippen LogP contribution in [0, 0.1) is 10.1 Å². The van der Waals surface area contributed by atoms with E-state index >= 15 is 0 Å². The molecule has 0 fully saturated rings. The van der Waals surface area contributed by atoms with Crippen LogP contribution in [0.1, 0.15) is 5.76 Å². The Bertz CT molecular complexity index is 580. The lowest BCUT2D eigenvalue weighted by molar-refractivity contribution is -0.384. The Morgan fingerprint density at radius 1 is 1.33 bits per heavy atom. The molecule has 0 radical (unpaired) electrons. The molecule has 0 bridgehead atoms. The van der Waals surface area contributed by atoms with Gasteiger partial charge >= 0.3 is 0 Å². The molecule has 0 aliphatic heterocycles. The summed E-state index contributed by atoms with van der Waals surface area (Å²) in [6, 6.07) is 7.76.